The molecule has 1 aliphatic rings. The third-order valence-electron chi connectivity index (χ3n) is 9.89. The number of hydrogen-bond donors (Lipinski definition) is 0. The molecule has 0 bridgehead atoms. The fourth-order valence-corrected chi connectivity index (χ4v) is 17.0. The van der Waals surface area contributed by atoms with Crippen LogP contribution in [0.2, 0.25) is 10.1 Å². The van der Waals surface area contributed by atoms with Gasteiger partial charge in [-0.2, -0.15) is 0 Å². The van der Waals surface area contributed by atoms with Crippen LogP contribution < -0.4 is 20.7 Å². The van der Waals surface area contributed by atoms with Crippen LogP contribution in [0.5, 0.6) is 0 Å². The van der Waals surface area contributed by atoms with E-state index in [1.165, 1.54) is 20.7 Å². The van der Waals surface area contributed by atoms with Crippen LogP contribution in [-0.2, 0) is 23.1 Å². The molecule has 0 aliphatic carbocycles. The molecule has 5 nitrogen and oxygen atoms in total. The zero-order valence-electron chi connectivity index (χ0n) is 32.1. The molecule has 51 heavy (non-hydrogen) atoms. The predicted molar refractivity (Wildman–Crippen MR) is 214 cm³/mol. The molecular weight excluding hydrogens is 665 g/mol. The van der Waals surface area contributed by atoms with E-state index in [1.54, 1.807) is 0 Å². The van der Waals surface area contributed by atoms with Gasteiger partial charge in [-0.25, -0.2) is 0 Å². The summed E-state index contributed by atoms with van der Waals surface area (Å²) >= 11 is 0. The molecule has 1 fully saturated rings. The molecule has 4 aromatic carbocycles. The van der Waals surface area contributed by atoms with Crippen LogP contribution in [0.15, 0.2) is 121 Å². The fraction of sp³-hybridized carbons (Fsp3) is 0.432. The van der Waals surface area contributed by atoms with Crippen LogP contribution in [-0.4, -0.2) is 53.1 Å². The summed E-state index contributed by atoms with van der Waals surface area (Å²) < 4.78 is 27.0. The highest BCUT2D eigenvalue weighted by Crippen LogP contribution is 2.42. The Kier molecular flexibility index (Phi) is 12.0. The predicted octanol–water partition coefficient (Wildman–Crippen LogP) is 7.79. The topological polar surface area (TPSA) is 57.3 Å². The van der Waals surface area contributed by atoms with Gasteiger partial charge in [-0.1, -0.05) is 163 Å². The van der Waals surface area contributed by atoms with Crippen LogP contribution >= 0.6 is 0 Å². The summed E-state index contributed by atoms with van der Waals surface area (Å²) in [5.41, 5.74) is -0.596. The Morgan fingerprint density at radius 1 is 0.627 bits per heavy atom. The number of benzene rings is 4. The standard InChI is InChI=1S/C44H58O5Si2/c1-42(2,3)48-40(45)33-39(49-51(44(7,8)9,36-27-18-12-19-28-36)37-29-20-13-21-30-37)41-38(47-41)31-22-32-46-50(43(4,5)6,34-23-14-10-15-24-34)35-25-16-11-17-26-35/h10-21,23-30,38-39,41H,22,31-33H2,1-9H3/t38-,39-,41+/m1/s1. The summed E-state index contributed by atoms with van der Waals surface area (Å²) in [6.07, 6.45) is 1.07. The van der Waals surface area contributed by atoms with Crippen molar-refractivity contribution in [2.45, 2.75) is 116 Å². The van der Waals surface area contributed by atoms with Crippen molar-refractivity contribution in [1.29, 1.82) is 0 Å². The molecule has 0 saturated carbocycles. The third kappa shape index (κ3) is 8.83. The van der Waals surface area contributed by atoms with Gasteiger partial charge in [0, 0.05) is 6.61 Å². The molecule has 0 unspecified atom stereocenters. The summed E-state index contributed by atoms with van der Waals surface area (Å²) in [6.45, 7) is 20.0. The van der Waals surface area contributed by atoms with Gasteiger partial charge in [0.1, 0.15) is 11.7 Å². The molecule has 0 radical (unpaired) electrons. The lowest BCUT2D eigenvalue weighted by molar-refractivity contribution is -0.157. The van der Waals surface area contributed by atoms with Crippen molar-refractivity contribution in [3.05, 3.63) is 121 Å². The second-order valence-corrected chi connectivity index (χ2v) is 25.5. The average Bonchev–Trinajstić information content (AvgIpc) is 3.86. The van der Waals surface area contributed by atoms with Gasteiger partial charge in [0.05, 0.1) is 18.6 Å². The summed E-state index contributed by atoms with van der Waals surface area (Å²) in [5.74, 6) is -0.269. The van der Waals surface area contributed by atoms with E-state index >= 15 is 0 Å². The Balaban J connectivity index is 1.40. The normalized spacial score (nSPS) is 17.5. The van der Waals surface area contributed by atoms with Gasteiger partial charge in [-0.15, -0.1) is 0 Å². The van der Waals surface area contributed by atoms with Crippen LogP contribution in [0.3, 0.4) is 0 Å². The molecule has 0 spiro atoms. The first-order chi connectivity index (χ1) is 24.1. The van der Waals surface area contributed by atoms with Crippen molar-refractivity contribution in [3.63, 3.8) is 0 Å². The van der Waals surface area contributed by atoms with Gasteiger partial charge >= 0.3 is 5.97 Å². The van der Waals surface area contributed by atoms with E-state index in [0.29, 0.717) is 6.61 Å². The van der Waals surface area contributed by atoms with Gasteiger partial charge in [0.15, 0.2) is 0 Å². The maximum absolute atomic E-state index is 13.5. The Morgan fingerprint density at radius 3 is 1.39 bits per heavy atom. The molecular formula is C44H58O5Si2. The molecule has 0 N–H and O–H groups in total. The number of carbonyl (C=O) groups excluding carboxylic acids is 1. The van der Waals surface area contributed by atoms with Crippen molar-refractivity contribution >= 4 is 43.4 Å². The number of carbonyl (C=O) groups is 1. The highest BCUT2D eigenvalue weighted by molar-refractivity contribution is 7.00. The molecule has 1 heterocycles. The van der Waals surface area contributed by atoms with Crippen molar-refractivity contribution < 1.29 is 23.1 Å². The molecule has 5 rings (SSSR count). The van der Waals surface area contributed by atoms with Crippen molar-refractivity contribution in [3.8, 4) is 0 Å². The maximum atomic E-state index is 13.5. The Morgan fingerprint density at radius 2 is 1.02 bits per heavy atom. The lowest BCUT2D eigenvalue weighted by Gasteiger charge is -2.45. The Labute approximate surface area is 309 Å². The quantitative estimate of drug-likeness (QED) is 0.0576. The lowest BCUT2D eigenvalue weighted by atomic mass is 10.1. The molecule has 0 aromatic heterocycles. The summed E-state index contributed by atoms with van der Waals surface area (Å²) in [6, 6.07) is 42.7. The highest BCUT2D eigenvalue weighted by atomic mass is 28.4. The molecule has 272 valence electrons. The van der Waals surface area contributed by atoms with Gasteiger partial charge in [-0.05, 0) is 64.4 Å². The summed E-state index contributed by atoms with van der Waals surface area (Å²) in [4.78, 5) is 13.5. The Hall–Kier alpha value is -3.34. The van der Waals surface area contributed by atoms with Crippen LogP contribution in [0.4, 0.5) is 0 Å². The van der Waals surface area contributed by atoms with E-state index in [9.17, 15) is 4.79 Å². The van der Waals surface area contributed by atoms with E-state index in [1.807, 2.05) is 32.9 Å². The minimum atomic E-state index is -2.96. The van der Waals surface area contributed by atoms with Crippen molar-refractivity contribution in [1.82, 2.24) is 0 Å². The van der Waals surface area contributed by atoms with Crippen molar-refractivity contribution in [2.75, 3.05) is 6.61 Å². The van der Waals surface area contributed by atoms with Crippen LogP contribution in [0.1, 0.15) is 81.6 Å². The first-order valence-corrected chi connectivity index (χ1v) is 22.3. The van der Waals surface area contributed by atoms with Gasteiger partial charge in [0.2, 0.25) is 0 Å². The van der Waals surface area contributed by atoms with Gasteiger partial charge < -0.3 is 18.3 Å². The van der Waals surface area contributed by atoms with E-state index in [-0.39, 0.29) is 34.7 Å². The SMILES string of the molecule is CC(C)(C)OC(=O)C[C@@H](O[Si](c1ccccc1)(c1ccccc1)C(C)(C)C)[C@H]1O[C@@H]1CCCO[Si](c1ccccc1)(c1ccccc1)C(C)(C)C. The molecule has 7 heteroatoms. The smallest absolute Gasteiger partial charge is 0.308 e. The maximum Gasteiger partial charge on any atom is 0.308 e. The monoisotopic (exact) mass is 722 g/mol. The number of rotatable bonds is 14. The first kappa shape index (κ1) is 38.9. The fourth-order valence-electron chi connectivity index (χ4n) is 7.68. The van der Waals surface area contributed by atoms with E-state index < -0.39 is 28.3 Å². The molecule has 1 saturated heterocycles. The molecule has 1 aliphatic heterocycles. The van der Waals surface area contributed by atoms with Gasteiger partial charge in [-0.3, -0.25) is 4.79 Å². The van der Waals surface area contributed by atoms with E-state index in [0.717, 1.165) is 12.8 Å². The third-order valence-corrected chi connectivity index (χ3v) is 20.0. The molecule has 0 amide bonds. The highest BCUT2D eigenvalue weighted by Gasteiger charge is 2.56. The summed E-state index contributed by atoms with van der Waals surface area (Å²) in [5, 5.41) is 4.58. The number of epoxide rings is 1. The van der Waals surface area contributed by atoms with Gasteiger partial charge in [0.25, 0.3) is 16.6 Å². The Bertz CT molecular complexity index is 1600. The van der Waals surface area contributed by atoms with Crippen LogP contribution in [0, 0.1) is 0 Å². The zero-order valence-corrected chi connectivity index (χ0v) is 34.1. The first-order valence-electron chi connectivity index (χ1n) is 18.5. The van der Waals surface area contributed by atoms with Crippen LogP contribution in [0.25, 0.3) is 0 Å². The second-order valence-electron chi connectivity index (χ2n) is 16.9. The van der Waals surface area contributed by atoms with E-state index in [4.69, 9.17) is 18.3 Å². The lowest BCUT2D eigenvalue weighted by Crippen LogP contribution is -2.68. The zero-order chi connectivity index (χ0) is 36.9. The number of hydrogen-bond acceptors (Lipinski definition) is 5. The number of esters is 1. The largest absolute Gasteiger partial charge is 0.460 e. The molecule has 4 aromatic rings. The van der Waals surface area contributed by atoms with Crippen molar-refractivity contribution in [2.24, 2.45) is 0 Å². The molecule has 3 atom stereocenters. The minimum Gasteiger partial charge on any atom is -0.460 e. The summed E-state index contributed by atoms with van der Waals surface area (Å²) in [7, 11) is -5.59. The minimum absolute atomic E-state index is 0.0293. The number of ether oxygens (including phenoxy) is 2. The second kappa shape index (κ2) is 15.7. The van der Waals surface area contributed by atoms with E-state index in [2.05, 4.69) is 151 Å². The average molecular weight is 723 g/mol.